The minimum atomic E-state index is -0.390. The Morgan fingerprint density at radius 1 is 1.10 bits per heavy atom. The van der Waals surface area contributed by atoms with Crippen LogP contribution in [0.15, 0.2) is 66.0 Å². The van der Waals surface area contributed by atoms with Crippen LogP contribution in [0, 0.1) is 5.92 Å². The highest BCUT2D eigenvalue weighted by atomic mass is 32.2. The molecule has 208 valence electrons. The van der Waals surface area contributed by atoms with Gasteiger partial charge in [-0.3, -0.25) is 19.9 Å². The number of piperidine rings is 1. The molecule has 2 N–H and O–H groups in total. The summed E-state index contributed by atoms with van der Waals surface area (Å²) in [4.78, 5) is 44.1. The van der Waals surface area contributed by atoms with Crippen LogP contribution in [0.4, 0.5) is 10.7 Å². The summed E-state index contributed by atoms with van der Waals surface area (Å²) in [5.41, 5.74) is 3.46. The van der Waals surface area contributed by atoms with E-state index in [1.807, 2.05) is 36.7 Å². The number of thioether (sulfide) groups is 1. The fraction of sp³-hybridized carbons (Fsp3) is 0.267. The van der Waals surface area contributed by atoms with Crippen LogP contribution in [-0.2, 0) is 11.3 Å². The molecule has 0 unspecified atom stereocenters. The Morgan fingerprint density at radius 3 is 2.78 bits per heavy atom. The van der Waals surface area contributed by atoms with E-state index in [-0.39, 0.29) is 11.1 Å². The second kappa shape index (κ2) is 12.0. The largest absolute Gasteiger partial charge is 0.495 e. The summed E-state index contributed by atoms with van der Waals surface area (Å²) in [6, 6.07) is 13.9. The summed E-state index contributed by atoms with van der Waals surface area (Å²) in [5, 5.41) is 7.70. The average molecular weight is 568 g/mol. The van der Waals surface area contributed by atoms with Crippen molar-refractivity contribution in [2.75, 3.05) is 31.6 Å². The summed E-state index contributed by atoms with van der Waals surface area (Å²) in [6.45, 7) is 3.16. The summed E-state index contributed by atoms with van der Waals surface area (Å²) < 4.78 is 5.61. The number of anilines is 1. The first-order valence-corrected chi connectivity index (χ1v) is 14.3. The zero-order valence-corrected chi connectivity index (χ0v) is 23.4. The van der Waals surface area contributed by atoms with Crippen molar-refractivity contribution in [3.05, 3.63) is 77.3 Å². The molecule has 4 aromatic rings. The molecule has 10 nitrogen and oxygen atoms in total. The molecule has 2 aliphatic rings. The number of imide groups is 1. The lowest BCUT2D eigenvalue weighted by Gasteiger charge is -2.32. The van der Waals surface area contributed by atoms with Crippen molar-refractivity contribution < 1.29 is 14.3 Å². The molecule has 5 heterocycles. The smallest absolute Gasteiger partial charge is 0.290 e. The van der Waals surface area contributed by atoms with E-state index in [1.165, 1.54) is 0 Å². The van der Waals surface area contributed by atoms with Gasteiger partial charge in [-0.25, -0.2) is 15.0 Å². The number of rotatable bonds is 8. The van der Waals surface area contributed by atoms with Gasteiger partial charge in [-0.2, -0.15) is 0 Å². The Hall–Kier alpha value is -4.35. The maximum absolute atomic E-state index is 11.9. The number of fused-ring (bicyclic) bond motifs is 1. The average Bonchev–Trinajstić information content (AvgIpc) is 3.33. The van der Waals surface area contributed by atoms with Gasteiger partial charge in [-0.05, 0) is 72.8 Å². The molecule has 41 heavy (non-hydrogen) atoms. The SMILES string of the molecule is COc1ccc(-c2cccc3cnccc23)nc1CNCC1CCN(c2nccc(/C=C3/SC(=O)NC3=O)n2)CC1. The molecule has 2 fully saturated rings. The van der Waals surface area contributed by atoms with Crippen molar-refractivity contribution in [2.24, 2.45) is 5.92 Å². The van der Waals surface area contributed by atoms with Gasteiger partial charge in [-0.15, -0.1) is 0 Å². The van der Waals surface area contributed by atoms with Gasteiger partial charge in [0.2, 0.25) is 5.95 Å². The van der Waals surface area contributed by atoms with E-state index in [4.69, 9.17) is 9.72 Å². The number of nitrogens with one attached hydrogen (secondary N) is 2. The quantitative estimate of drug-likeness (QED) is 0.296. The van der Waals surface area contributed by atoms with Gasteiger partial charge >= 0.3 is 0 Å². The highest BCUT2D eigenvalue weighted by molar-refractivity contribution is 8.18. The van der Waals surface area contributed by atoms with Gasteiger partial charge in [0, 0.05) is 49.2 Å². The predicted molar refractivity (Wildman–Crippen MR) is 159 cm³/mol. The minimum absolute atomic E-state index is 0.343. The highest BCUT2D eigenvalue weighted by Crippen LogP contribution is 2.30. The molecular weight excluding hydrogens is 538 g/mol. The number of methoxy groups -OCH3 is 1. The lowest BCUT2D eigenvalue weighted by Crippen LogP contribution is -2.38. The summed E-state index contributed by atoms with van der Waals surface area (Å²) in [7, 11) is 1.67. The number of carbonyl (C=O) groups is 2. The minimum Gasteiger partial charge on any atom is -0.495 e. The summed E-state index contributed by atoms with van der Waals surface area (Å²) in [5.74, 6) is 1.53. The molecule has 6 rings (SSSR count). The number of pyridine rings is 2. The zero-order valence-electron chi connectivity index (χ0n) is 22.5. The third kappa shape index (κ3) is 6.06. The molecule has 2 aliphatic heterocycles. The number of nitrogens with zero attached hydrogens (tertiary/aromatic N) is 5. The van der Waals surface area contributed by atoms with E-state index in [2.05, 4.69) is 42.6 Å². The topological polar surface area (TPSA) is 122 Å². The number of carbonyl (C=O) groups excluding carboxylic acids is 2. The van der Waals surface area contributed by atoms with E-state index in [0.717, 1.165) is 77.7 Å². The number of hydrogen-bond donors (Lipinski definition) is 2. The first-order valence-electron chi connectivity index (χ1n) is 13.5. The number of benzene rings is 1. The number of amides is 2. The molecule has 11 heteroatoms. The van der Waals surface area contributed by atoms with Crippen molar-refractivity contribution in [1.82, 2.24) is 30.6 Å². The van der Waals surface area contributed by atoms with Gasteiger partial charge in [0.05, 0.1) is 29.1 Å². The van der Waals surface area contributed by atoms with Crippen molar-refractivity contribution in [2.45, 2.75) is 19.4 Å². The Kier molecular flexibility index (Phi) is 7.88. The van der Waals surface area contributed by atoms with Crippen LogP contribution >= 0.6 is 11.8 Å². The Morgan fingerprint density at radius 2 is 1.98 bits per heavy atom. The van der Waals surface area contributed by atoms with Crippen molar-refractivity contribution in [3.8, 4) is 17.0 Å². The van der Waals surface area contributed by atoms with Crippen LogP contribution in [0.2, 0.25) is 0 Å². The molecule has 3 aromatic heterocycles. The van der Waals surface area contributed by atoms with Gasteiger partial charge in [0.1, 0.15) is 5.75 Å². The summed E-state index contributed by atoms with van der Waals surface area (Å²) in [6.07, 6.45) is 9.00. The molecule has 2 saturated heterocycles. The Balaban J connectivity index is 1.06. The molecule has 1 aromatic carbocycles. The number of aromatic nitrogens is 4. The van der Waals surface area contributed by atoms with E-state index < -0.39 is 0 Å². The first-order chi connectivity index (χ1) is 20.1. The third-order valence-electron chi connectivity index (χ3n) is 7.32. The Labute approximate surface area is 241 Å². The van der Waals surface area contributed by atoms with Crippen molar-refractivity contribution >= 4 is 45.7 Å². The highest BCUT2D eigenvalue weighted by Gasteiger charge is 2.26. The second-order valence-electron chi connectivity index (χ2n) is 9.94. The second-order valence-corrected chi connectivity index (χ2v) is 11.0. The van der Waals surface area contributed by atoms with Gasteiger partial charge in [-0.1, -0.05) is 18.2 Å². The van der Waals surface area contributed by atoms with Crippen LogP contribution in [0.3, 0.4) is 0 Å². The van der Waals surface area contributed by atoms with Crippen LogP contribution < -0.4 is 20.3 Å². The lowest BCUT2D eigenvalue weighted by atomic mass is 9.97. The maximum atomic E-state index is 11.9. The van der Waals surface area contributed by atoms with Crippen molar-refractivity contribution in [3.63, 3.8) is 0 Å². The van der Waals surface area contributed by atoms with E-state index >= 15 is 0 Å². The van der Waals surface area contributed by atoms with Crippen LogP contribution in [0.5, 0.6) is 5.75 Å². The van der Waals surface area contributed by atoms with Crippen LogP contribution in [-0.4, -0.2) is 57.8 Å². The Bertz CT molecular complexity index is 1630. The third-order valence-corrected chi connectivity index (χ3v) is 8.13. The molecule has 0 bridgehead atoms. The van der Waals surface area contributed by atoms with Crippen molar-refractivity contribution in [1.29, 1.82) is 0 Å². The van der Waals surface area contributed by atoms with Gasteiger partial charge in [0.15, 0.2) is 0 Å². The number of ether oxygens (including phenoxy) is 1. The van der Waals surface area contributed by atoms with Crippen LogP contribution in [0.25, 0.3) is 28.1 Å². The van der Waals surface area contributed by atoms with Crippen LogP contribution in [0.1, 0.15) is 24.2 Å². The standard InChI is InChI=1S/C30H29N7O3S/c1-40-26-6-5-24(23-4-2-3-20-17-31-11-8-22(20)23)35-25(26)18-32-16-19-9-13-37(14-10-19)29-33-12-7-21(34-29)15-27-28(38)36-30(39)41-27/h2-8,11-12,15,17,19,32H,9-10,13-14,16,18H2,1H3,(H,36,38,39)/b27-15+. The van der Waals surface area contributed by atoms with E-state index in [9.17, 15) is 9.59 Å². The fourth-order valence-electron chi connectivity index (χ4n) is 5.18. The molecular formula is C30H29N7O3S. The van der Waals surface area contributed by atoms with E-state index in [1.54, 1.807) is 25.4 Å². The number of hydrogen-bond acceptors (Lipinski definition) is 10. The molecule has 0 atom stereocenters. The normalized spacial score (nSPS) is 16.9. The predicted octanol–water partition coefficient (Wildman–Crippen LogP) is 4.43. The molecule has 0 saturated carbocycles. The van der Waals surface area contributed by atoms with Gasteiger partial charge < -0.3 is 15.0 Å². The summed E-state index contributed by atoms with van der Waals surface area (Å²) >= 11 is 0.884. The monoisotopic (exact) mass is 567 g/mol. The lowest BCUT2D eigenvalue weighted by molar-refractivity contribution is -0.115. The zero-order chi connectivity index (χ0) is 28.2. The molecule has 0 spiro atoms. The molecule has 2 amide bonds. The first kappa shape index (κ1) is 26.9. The fourth-order valence-corrected chi connectivity index (χ4v) is 5.85. The van der Waals surface area contributed by atoms with E-state index in [0.29, 0.717) is 29.0 Å². The maximum Gasteiger partial charge on any atom is 0.290 e. The van der Waals surface area contributed by atoms with Gasteiger partial charge in [0.25, 0.3) is 11.1 Å². The molecule has 0 radical (unpaired) electrons. The molecule has 0 aliphatic carbocycles.